The molecule has 4 nitrogen and oxygen atoms in total. The molecule has 1 unspecified atom stereocenters. The minimum Gasteiger partial charge on any atom is -0.399 e. The molecule has 0 bridgehead atoms. The molecule has 2 aromatic heterocycles. The molecule has 3 rings (SSSR count). The van der Waals surface area contributed by atoms with Crippen molar-refractivity contribution in [2.75, 3.05) is 5.73 Å². The van der Waals surface area contributed by atoms with E-state index >= 15 is 0 Å². The Morgan fingerprint density at radius 1 is 1.29 bits per heavy atom. The van der Waals surface area contributed by atoms with Crippen molar-refractivity contribution in [2.45, 2.75) is 19.9 Å². The maximum Gasteiger partial charge on any atom is 0.268 e. The van der Waals surface area contributed by atoms with E-state index < -0.39 is 0 Å². The highest BCUT2D eigenvalue weighted by molar-refractivity contribution is 7.12. The average Bonchev–Trinajstić information content (AvgIpc) is 3.04. The Balaban J connectivity index is 1.80. The van der Waals surface area contributed by atoms with Crippen LogP contribution in [0.2, 0.25) is 0 Å². The smallest absolute Gasteiger partial charge is 0.268 e. The van der Waals surface area contributed by atoms with Gasteiger partial charge in [-0.05, 0) is 50.2 Å². The number of fused-ring (bicyclic) bond motifs is 1. The maximum atomic E-state index is 12.3. The zero-order valence-corrected chi connectivity index (χ0v) is 12.8. The Labute approximate surface area is 127 Å². The van der Waals surface area contributed by atoms with Crippen LogP contribution in [-0.2, 0) is 0 Å². The number of aryl methyl sites for hydroxylation is 1. The molecule has 0 saturated heterocycles. The molecule has 1 aromatic carbocycles. The van der Waals surface area contributed by atoms with Gasteiger partial charge in [-0.15, -0.1) is 11.3 Å². The number of amides is 1. The number of hydrogen-bond donors (Lipinski definition) is 3. The minimum absolute atomic E-state index is 0.00678. The van der Waals surface area contributed by atoms with Crippen molar-refractivity contribution in [1.82, 2.24) is 10.3 Å². The summed E-state index contributed by atoms with van der Waals surface area (Å²) in [6, 6.07) is 11.5. The van der Waals surface area contributed by atoms with Crippen LogP contribution in [0.1, 0.15) is 33.2 Å². The van der Waals surface area contributed by atoms with E-state index in [1.165, 1.54) is 4.88 Å². The lowest BCUT2D eigenvalue weighted by Crippen LogP contribution is -2.26. The van der Waals surface area contributed by atoms with E-state index in [1.807, 2.05) is 31.2 Å². The molecule has 0 fully saturated rings. The third kappa shape index (κ3) is 2.78. The molecule has 108 valence electrons. The molecule has 0 aliphatic heterocycles. The fourth-order valence-electron chi connectivity index (χ4n) is 2.31. The molecule has 2 heterocycles. The van der Waals surface area contributed by atoms with Crippen LogP contribution in [-0.4, -0.2) is 10.9 Å². The molecule has 1 atom stereocenters. The quantitative estimate of drug-likeness (QED) is 0.646. The highest BCUT2D eigenvalue weighted by Crippen LogP contribution is 2.23. The first-order chi connectivity index (χ1) is 10.0. The molecule has 1 amide bonds. The Kier molecular flexibility index (Phi) is 3.43. The van der Waals surface area contributed by atoms with Crippen LogP contribution in [0.3, 0.4) is 0 Å². The van der Waals surface area contributed by atoms with E-state index in [9.17, 15) is 4.79 Å². The van der Waals surface area contributed by atoms with Gasteiger partial charge in [-0.1, -0.05) is 0 Å². The molecule has 0 spiro atoms. The number of rotatable bonds is 3. The number of carbonyl (C=O) groups is 1. The summed E-state index contributed by atoms with van der Waals surface area (Å²) in [5.74, 6) is -0.108. The summed E-state index contributed by atoms with van der Waals surface area (Å²) in [5.41, 5.74) is 7.91. The topological polar surface area (TPSA) is 70.9 Å². The molecular formula is C16H17N3OS. The van der Waals surface area contributed by atoms with Crippen molar-refractivity contribution < 1.29 is 4.79 Å². The van der Waals surface area contributed by atoms with E-state index in [-0.39, 0.29) is 11.9 Å². The fourth-order valence-corrected chi connectivity index (χ4v) is 3.18. The number of nitrogens with one attached hydrogen (secondary N) is 2. The number of hydrogen-bond acceptors (Lipinski definition) is 3. The second-order valence-corrected chi connectivity index (χ2v) is 6.49. The van der Waals surface area contributed by atoms with Crippen LogP contribution in [0.25, 0.3) is 10.9 Å². The van der Waals surface area contributed by atoms with Crippen molar-refractivity contribution in [1.29, 1.82) is 0 Å². The van der Waals surface area contributed by atoms with Crippen LogP contribution < -0.4 is 11.1 Å². The summed E-state index contributed by atoms with van der Waals surface area (Å²) < 4.78 is 0. The van der Waals surface area contributed by atoms with Crippen LogP contribution in [0, 0.1) is 6.92 Å². The van der Waals surface area contributed by atoms with Crippen LogP contribution in [0.15, 0.2) is 36.4 Å². The average molecular weight is 299 g/mol. The van der Waals surface area contributed by atoms with E-state index in [0.29, 0.717) is 11.4 Å². The summed E-state index contributed by atoms with van der Waals surface area (Å²) >= 11 is 1.70. The predicted molar refractivity (Wildman–Crippen MR) is 87.6 cm³/mol. The van der Waals surface area contributed by atoms with Gasteiger partial charge in [0.15, 0.2) is 0 Å². The number of benzene rings is 1. The van der Waals surface area contributed by atoms with Crippen molar-refractivity contribution in [2.24, 2.45) is 0 Å². The van der Waals surface area contributed by atoms with E-state index in [0.717, 1.165) is 15.8 Å². The summed E-state index contributed by atoms with van der Waals surface area (Å²) in [6.45, 7) is 4.05. The lowest BCUT2D eigenvalue weighted by molar-refractivity contribution is 0.0936. The molecule has 0 radical (unpaired) electrons. The zero-order valence-electron chi connectivity index (χ0n) is 11.9. The molecule has 0 saturated carbocycles. The molecule has 3 aromatic rings. The standard InChI is InChI=1S/C16H17N3OS/c1-9-3-6-15(21-9)10(2)18-16(20)14-8-11-7-12(17)4-5-13(11)19-14/h3-8,10,19H,17H2,1-2H3,(H,18,20). The second-order valence-electron chi connectivity index (χ2n) is 5.17. The number of aromatic amines is 1. The number of thiophene rings is 1. The first-order valence-corrected chi connectivity index (χ1v) is 7.60. The van der Waals surface area contributed by atoms with Gasteiger partial charge in [-0.25, -0.2) is 0 Å². The van der Waals surface area contributed by atoms with Gasteiger partial charge in [0.1, 0.15) is 5.69 Å². The van der Waals surface area contributed by atoms with Crippen molar-refractivity contribution >= 4 is 33.8 Å². The Morgan fingerprint density at radius 2 is 2.10 bits per heavy atom. The molecule has 21 heavy (non-hydrogen) atoms. The number of nitrogens with two attached hydrogens (primary N) is 1. The lowest BCUT2D eigenvalue weighted by Gasteiger charge is -2.11. The van der Waals surface area contributed by atoms with Gasteiger partial charge >= 0.3 is 0 Å². The molecular weight excluding hydrogens is 282 g/mol. The SMILES string of the molecule is Cc1ccc(C(C)NC(=O)c2cc3cc(N)ccc3[nH]2)s1. The fraction of sp³-hybridized carbons (Fsp3) is 0.188. The van der Waals surface area contributed by atoms with Crippen LogP contribution in [0.5, 0.6) is 0 Å². The summed E-state index contributed by atoms with van der Waals surface area (Å²) in [5, 5.41) is 3.95. The zero-order chi connectivity index (χ0) is 15.0. The first-order valence-electron chi connectivity index (χ1n) is 6.78. The lowest BCUT2D eigenvalue weighted by atomic mass is 10.2. The van der Waals surface area contributed by atoms with E-state index in [1.54, 1.807) is 11.3 Å². The number of carbonyl (C=O) groups excluding carboxylic acids is 1. The van der Waals surface area contributed by atoms with Gasteiger partial charge in [0.2, 0.25) is 0 Å². The van der Waals surface area contributed by atoms with Gasteiger partial charge in [0.05, 0.1) is 6.04 Å². The van der Waals surface area contributed by atoms with Crippen molar-refractivity contribution in [3.8, 4) is 0 Å². The minimum atomic E-state index is -0.108. The van der Waals surface area contributed by atoms with Crippen molar-refractivity contribution in [3.05, 3.63) is 51.8 Å². The number of nitrogen functional groups attached to an aromatic ring is 1. The van der Waals surface area contributed by atoms with Crippen molar-refractivity contribution in [3.63, 3.8) is 0 Å². The maximum absolute atomic E-state index is 12.3. The van der Waals surface area contributed by atoms with Crippen LogP contribution >= 0.6 is 11.3 Å². The van der Waals surface area contributed by atoms with Crippen LogP contribution in [0.4, 0.5) is 5.69 Å². The Hall–Kier alpha value is -2.27. The monoisotopic (exact) mass is 299 g/mol. The van der Waals surface area contributed by atoms with Gasteiger partial charge in [0, 0.05) is 26.3 Å². The third-order valence-electron chi connectivity index (χ3n) is 3.42. The largest absolute Gasteiger partial charge is 0.399 e. The van der Waals surface area contributed by atoms with E-state index in [4.69, 9.17) is 5.73 Å². The molecule has 4 N–H and O–H groups in total. The third-order valence-corrected chi connectivity index (χ3v) is 4.61. The number of anilines is 1. The predicted octanol–water partition coefficient (Wildman–Crippen LogP) is 3.61. The van der Waals surface area contributed by atoms with Gasteiger partial charge in [-0.2, -0.15) is 0 Å². The first kappa shape index (κ1) is 13.7. The highest BCUT2D eigenvalue weighted by Gasteiger charge is 2.14. The summed E-state index contributed by atoms with van der Waals surface area (Å²) in [4.78, 5) is 17.8. The number of H-pyrrole nitrogens is 1. The van der Waals surface area contributed by atoms with Gasteiger partial charge < -0.3 is 16.0 Å². The Morgan fingerprint density at radius 3 is 2.81 bits per heavy atom. The molecule has 0 aliphatic rings. The highest BCUT2D eigenvalue weighted by atomic mass is 32.1. The Bertz CT molecular complexity index is 803. The summed E-state index contributed by atoms with van der Waals surface area (Å²) in [7, 11) is 0. The molecule has 0 aliphatic carbocycles. The van der Waals surface area contributed by atoms with Gasteiger partial charge in [-0.3, -0.25) is 4.79 Å². The normalized spacial score (nSPS) is 12.5. The molecule has 5 heteroatoms. The number of aromatic nitrogens is 1. The van der Waals surface area contributed by atoms with E-state index in [2.05, 4.69) is 29.4 Å². The summed E-state index contributed by atoms with van der Waals surface area (Å²) in [6.07, 6.45) is 0. The van der Waals surface area contributed by atoms with Gasteiger partial charge in [0.25, 0.3) is 5.91 Å². The second kappa shape index (κ2) is 5.26.